The van der Waals surface area contributed by atoms with Crippen LogP contribution >= 0.6 is 11.3 Å². The number of nitrogens with zero attached hydrogens (tertiary/aromatic N) is 4. The van der Waals surface area contributed by atoms with Gasteiger partial charge in [-0.05, 0) is 68.0 Å². The number of hydrogen-bond donors (Lipinski definition) is 2. The maximum absolute atomic E-state index is 12.6. The number of carbonyl (C=O) groups is 2. The number of aryl methyl sites for hydroxylation is 1. The second-order valence-electron chi connectivity index (χ2n) is 9.34. The predicted octanol–water partition coefficient (Wildman–Crippen LogP) is 3.34. The summed E-state index contributed by atoms with van der Waals surface area (Å²) in [5, 5.41) is 20.9. The van der Waals surface area contributed by atoms with E-state index in [-0.39, 0.29) is 5.91 Å². The average Bonchev–Trinajstić information content (AvgIpc) is 3.31. The van der Waals surface area contributed by atoms with E-state index in [1.54, 1.807) is 0 Å². The molecule has 186 valence electrons. The molecular formula is C22H28F3N5O3S. The van der Waals surface area contributed by atoms with Crippen molar-refractivity contribution in [3.63, 3.8) is 0 Å². The van der Waals surface area contributed by atoms with Crippen molar-refractivity contribution < 1.29 is 27.9 Å². The number of piperidine rings is 1. The molecule has 0 unspecified atom stereocenters. The quantitative estimate of drug-likeness (QED) is 0.655. The number of aliphatic carboxylic acids is 1. The highest BCUT2D eigenvalue weighted by Crippen LogP contribution is 2.41. The number of rotatable bonds is 5. The van der Waals surface area contributed by atoms with Crippen molar-refractivity contribution in [3.05, 3.63) is 34.0 Å². The number of thiophene rings is 1. The number of amides is 1. The van der Waals surface area contributed by atoms with Gasteiger partial charge in [0.15, 0.2) is 0 Å². The van der Waals surface area contributed by atoms with Gasteiger partial charge in [0, 0.05) is 30.9 Å². The van der Waals surface area contributed by atoms with Gasteiger partial charge < -0.3 is 15.0 Å². The van der Waals surface area contributed by atoms with E-state index < -0.39 is 12.1 Å². The molecule has 1 amide bonds. The van der Waals surface area contributed by atoms with Crippen LogP contribution in [0.1, 0.15) is 53.4 Å². The Kier molecular flexibility index (Phi) is 7.27. The van der Waals surface area contributed by atoms with E-state index in [2.05, 4.69) is 42.5 Å². The van der Waals surface area contributed by atoms with E-state index in [9.17, 15) is 18.0 Å². The number of carboxylic acid groups (broad SMARTS) is 1. The highest BCUT2D eigenvalue weighted by molar-refractivity contribution is 7.09. The summed E-state index contributed by atoms with van der Waals surface area (Å²) < 4.78 is 33.8. The summed E-state index contributed by atoms with van der Waals surface area (Å²) >= 11 is 1.84. The van der Waals surface area contributed by atoms with Gasteiger partial charge in [-0.1, -0.05) is 6.07 Å². The number of aromatic nitrogens is 3. The molecule has 2 aliphatic heterocycles. The Labute approximate surface area is 199 Å². The summed E-state index contributed by atoms with van der Waals surface area (Å²) in [4.78, 5) is 25.5. The van der Waals surface area contributed by atoms with Gasteiger partial charge in [0.05, 0.1) is 0 Å². The average molecular weight is 500 g/mol. The number of halogens is 3. The lowest BCUT2D eigenvalue weighted by Crippen LogP contribution is -2.44. The third-order valence-electron chi connectivity index (χ3n) is 6.77. The van der Waals surface area contributed by atoms with Crippen LogP contribution < -0.4 is 5.32 Å². The normalized spacial score (nSPS) is 19.7. The van der Waals surface area contributed by atoms with Gasteiger partial charge in [-0.3, -0.25) is 9.69 Å². The summed E-state index contributed by atoms with van der Waals surface area (Å²) in [7, 11) is 0. The fourth-order valence-corrected chi connectivity index (χ4v) is 5.25. The van der Waals surface area contributed by atoms with E-state index in [0.717, 1.165) is 45.0 Å². The molecule has 0 radical (unpaired) electrons. The fraction of sp³-hybridized carbons (Fsp3) is 0.636. The van der Waals surface area contributed by atoms with Crippen molar-refractivity contribution in [1.29, 1.82) is 0 Å². The van der Waals surface area contributed by atoms with Gasteiger partial charge >= 0.3 is 12.1 Å². The topological polar surface area (TPSA) is 100 Å². The van der Waals surface area contributed by atoms with Gasteiger partial charge in [0.1, 0.15) is 5.82 Å². The maximum Gasteiger partial charge on any atom is 0.490 e. The number of nitrogens with one attached hydrogen (secondary N) is 1. The van der Waals surface area contributed by atoms with Crippen molar-refractivity contribution in [2.24, 2.45) is 11.3 Å². The molecule has 0 aromatic carbocycles. The first-order valence-electron chi connectivity index (χ1n) is 11.4. The van der Waals surface area contributed by atoms with E-state index in [4.69, 9.17) is 9.90 Å². The predicted molar refractivity (Wildman–Crippen MR) is 118 cm³/mol. The van der Waals surface area contributed by atoms with Crippen LogP contribution in [-0.4, -0.2) is 62.5 Å². The first-order chi connectivity index (χ1) is 16.2. The van der Waals surface area contributed by atoms with E-state index >= 15 is 0 Å². The smallest absolute Gasteiger partial charge is 0.475 e. The Hall–Kier alpha value is -2.47. The summed E-state index contributed by atoms with van der Waals surface area (Å²) in [5.41, 5.74) is 0.298. The second-order valence-corrected chi connectivity index (χ2v) is 10.4. The molecule has 0 bridgehead atoms. The van der Waals surface area contributed by atoms with E-state index in [1.165, 1.54) is 37.0 Å². The Morgan fingerprint density at radius 3 is 2.50 bits per heavy atom. The first kappa shape index (κ1) is 24.6. The molecule has 1 spiro atoms. The number of fused-ring (bicyclic) bond motifs is 1. The summed E-state index contributed by atoms with van der Waals surface area (Å²) in [6.45, 7) is 5.02. The SMILES string of the molecule is O=C(NCC1CC1)c1nnc2n1CC1(CC2)CCN(Cc2cccs2)CC1.O=C(O)C(F)(F)F. The lowest BCUT2D eigenvalue weighted by atomic mass is 9.73. The van der Waals surface area contributed by atoms with Crippen LogP contribution in [-0.2, 0) is 24.3 Å². The van der Waals surface area contributed by atoms with Crippen molar-refractivity contribution in [1.82, 2.24) is 25.0 Å². The van der Waals surface area contributed by atoms with Gasteiger partial charge in [0.2, 0.25) is 5.82 Å². The monoisotopic (exact) mass is 499 g/mol. The lowest BCUT2D eigenvalue weighted by Gasteiger charge is -2.44. The van der Waals surface area contributed by atoms with Crippen molar-refractivity contribution in [3.8, 4) is 0 Å². The van der Waals surface area contributed by atoms with Crippen LogP contribution in [0.4, 0.5) is 13.2 Å². The standard InChI is InChI=1S/C20H27N5OS.C2HF3O2/c26-19(21-12-15-3-4-15)18-23-22-17-5-6-20(14-25(17)18)7-9-24(10-8-20)13-16-2-1-11-27-16;3-2(4,5)1(6)7/h1-2,11,15H,3-10,12-14H2,(H,21,26);(H,6,7). The zero-order chi connectivity index (χ0) is 24.3. The molecule has 2 fully saturated rings. The Balaban J connectivity index is 0.000000344. The third kappa shape index (κ3) is 6.15. The van der Waals surface area contributed by atoms with Crippen LogP contribution in [0.15, 0.2) is 17.5 Å². The van der Waals surface area contributed by atoms with Crippen LogP contribution in [0.2, 0.25) is 0 Å². The third-order valence-corrected chi connectivity index (χ3v) is 7.63. The molecule has 1 saturated carbocycles. The molecule has 34 heavy (non-hydrogen) atoms. The molecule has 2 aromatic heterocycles. The molecule has 12 heteroatoms. The number of hydrogen-bond acceptors (Lipinski definition) is 6. The maximum atomic E-state index is 12.6. The highest BCUT2D eigenvalue weighted by atomic mass is 32.1. The zero-order valence-electron chi connectivity index (χ0n) is 18.7. The molecule has 8 nitrogen and oxygen atoms in total. The minimum absolute atomic E-state index is 0.0483. The van der Waals surface area contributed by atoms with Gasteiger partial charge in [-0.25, -0.2) is 4.79 Å². The highest BCUT2D eigenvalue weighted by Gasteiger charge is 2.40. The van der Waals surface area contributed by atoms with Gasteiger partial charge in [0.25, 0.3) is 5.91 Å². The Morgan fingerprint density at radius 2 is 1.91 bits per heavy atom. The summed E-state index contributed by atoms with van der Waals surface area (Å²) in [5.74, 6) is -0.624. The zero-order valence-corrected chi connectivity index (χ0v) is 19.5. The lowest BCUT2D eigenvalue weighted by molar-refractivity contribution is -0.192. The van der Waals surface area contributed by atoms with Gasteiger partial charge in [-0.15, -0.1) is 21.5 Å². The molecule has 1 aliphatic carbocycles. The number of carbonyl (C=O) groups excluding carboxylic acids is 1. The van der Waals surface area contributed by atoms with Crippen LogP contribution in [0, 0.1) is 11.3 Å². The fourth-order valence-electron chi connectivity index (χ4n) is 4.50. The molecule has 4 heterocycles. The van der Waals surface area contributed by atoms with Crippen molar-refractivity contribution >= 4 is 23.2 Å². The largest absolute Gasteiger partial charge is 0.490 e. The molecule has 1 saturated heterocycles. The Bertz CT molecular complexity index is 996. The minimum Gasteiger partial charge on any atom is -0.475 e. The van der Waals surface area contributed by atoms with Crippen LogP contribution in [0.3, 0.4) is 0 Å². The molecule has 0 atom stereocenters. The van der Waals surface area contributed by atoms with Crippen molar-refractivity contribution in [2.75, 3.05) is 19.6 Å². The molecule has 5 rings (SSSR count). The number of alkyl halides is 3. The van der Waals surface area contributed by atoms with Crippen LogP contribution in [0.5, 0.6) is 0 Å². The van der Waals surface area contributed by atoms with Crippen molar-refractivity contribution in [2.45, 2.75) is 57.8 Å². The second kappa shape index (κ2) is 10.0. The summed E-state index contributed by atoms with van der Waals surface area (Å²) in [6, 6.07) is 4.36. The Morgan fingerprint density at radius 1 is 1.21 bits per heavy atom. The number of likely N-dealkylation sites (tertiary alicyclic amines) is 1. The first-order valence-corrected chi connectivity index (χ1v) is 12.3. The van der Waals surface area contributed by atoms with Crippen LogP contribution in [0.25, 0.3) is 0 Å². The summed E-state index contributed by atoms with van der Waals surface area (Å²) in [6.07, 6.45) is 1.89. The van der Waals surface area contributed by atoms with Gasteiger partial charge in [-0.2, -0.15) is 13.2 Å². The number of carboxylic acids is 1. The minimum atomic E-state index is -5.08. The molecular weight excluding hydrogens is 471 g/mol. The van der Waals surface area contributed by atoms with E-state index in [0.29, 0.717) is 17.2 Å². The molecule has 3 aliphatic rings. The van der Waals surface area contributed by atoms with E-state index in [1.807, 2.05) is 11.3 Å². The molecule has 2 aromatic rings. The molecule has 2 N–H and O–H groups in total.